The second kappa shape index (κ2) is 6.10. The highest BCUT2D eigenvalue weighted by Gasteiger charge is 2.23. The number of sulfonamides is 1. The molecule has 1 aromatic heterocycles. The molecule has 0 amide bonds. The summed E-state index contributed by atoms with van der Waals surface area (Å²) in [4.78, 5) is 3.99. The Morgan fingerprint density at radius 1 is 1.19 bits per heavy atom. The third kappa shape index (κ3) is 3.31. The zero-order chi connectivity index (χ0) is 15.5. The minimum absolute atomic E-state index is 0.0840. The maximum atomic E-state index is 12.5. The lowest BCUT2D eigenvalue weighted by Gasteiger charge is -2.17. The van der Waals surface area contributed by atoms with Gasteiger partial charge in [-0.15, -0.1) is 0 Å². The van der Waals surface area contributed by atoms with Crippen LogP contribution in [0.1, 0.15) is 5.82 Å². The lowest BCUT2D eigenvalue weighted by Crippen LogP contribution is -2.27. The van der Waals surface area contributed by atoms with E-state index in [0.717, 1.165) is 0 Å². The minimum atomic E-state index is -3.69. The molecule has 1 aromatic carbocycles. The standard InChI is InChI=1S/C12H16N4O4S/c1-16(7-12-13-8-14-15-12)21(17,18)11-5-9(19-2)4-10(6-11)20-3/h4-6,8H,7H2,1-3H3,(H,13,14,15). The second-order valence-corrected chi connectivity index (χ2v) is 6.29. The first-order valence-corrected chi connectivity index (χ1v) is 7.45. The van der Waals surface area contributed by atoms with Crippen molar-refractivity contribution in [2.24, 2.45) is 0 Å². The molecule has 0 spiro atoms. The van der Waals surface area contributed by atoms with E-state index < -0.39 is 10.0 Å². The Balaban J connectivity index is 2.34. The van der Waals surface area contributed by atoms with Crippen LogP contribution in [0.15, 0.2) is 29.4 Å². The van der Waals surface area contributed by atoms with Gasteiger partial charge in [0, 0.05) is 25.2 Å². The highest BCUT2D eigenvalue weighted by atomic mass is 32.2. The molecule has 2 rings (SSSR count). The molecular weight excluding hydrogens is 296 g/mol. The molecule has 0 fully saturated rings. The number of benzene rings is 1. The van der Waals surface area contributed by atoms with E-state index in [-0.39, 0.29) is 11.4 Å². The van der Waals surface area contributed by atoms with Crippen molar-refractivity contribution >= 4 is 10.0 Å². The van der Waals surface area contributed by atoms with Crippen LogP contribution in [0.5, 0.6) is 11.5 Å². The zero-order valence-corrected chi connectivity index (χ0v) is 12.7. The SMILES string of the molecule is COc1cc(OC)cc(S(=O)(=O)N(C)Cc2ncn[nH]2)c1. The first-order valence-electron chi connectivity index (χ1n) is 6.01. The molecule has 0 saturated heterocycles. The van der Waals surface area contributed by atoms with Gasteiger partial charge in [0.2, 0.25) is 10.0 Å². The normalized spacial score (nSPS) is 11.6. The van der Waals surface area contributed by atoms with Crippen molar-refractivity contribution in [2.75, 3.05) is 21.3 Å². The van der Waals surface area contributed by atoms with Gasteiger partial charge < -0.3 is 9.47 Å². The zero-order valence-electron chi connectivity index (χ0n) is 11.9. The quantitative estimate of drug-likeness (QED) is 0.841. The van der Waals surface area contributed by atoms with Crippen molar-refractivity contribution in [1.82, 2.24) is 19.5 Å². The number of aromatic nitrogens is 3. The van der Waals surface area contributed by atoms with Crippen LogP contribution in [0.4, 0.5) is 0 Å². The van der Waals surface area contributed by atoms with E-state index in [1.807, 2.05) is 0 Å². The summed E-state index contributed by atoms with van der Waals surface area (Å²) in [6.07, 6.45) is 1.32. The van der Waals surface area contributed by atoms with Crippen molar-refractivity contribution in [2.45, 2.75) is 11.4 Å². The third-order valence-corrected chi connectivity index (χ3v) is 4.65. The molecule has 9 heteroatoms. The highest BCUT2D eigenvalue weighted by molar-refractivity contribution is 7.89. The van der Waals surface area contributed by atoms with Gasteiger partial charge in [-0.1, -0.05) is 0 Å². The Bertz CT molecular complexity index is 678. The van der Waals surface area contributed by atoms with Gasteiger partial charge in [-0.3, -0.25) is 5.10 Å². The van der Waals surface area contributed by atoms with Crippen molar-refractivity contribution in [3.8, 4) is 11.5 Å². The topological polar surface area (TPSA) is 97.4 Å². The van der Waals surface area contributed by atoms with Crippen LogP contribution in [0.25, 0.3) is 0 Å². The van der Waals surface area contributed by atoms with Crippen LogP contribution < -0.4 is 9.47 Å². The predicted molar refractivity (Wildman–Crippen MR) is 74.6 cm³/mol. The monoisotopic (exact) mass is 312 g/mol. The smallest absolute Gasteiger partial charge is 0.243 e. The molecule has 0 saturated carbocycles. The van der Waals surface area contributed by atoms with E-state index in [0.29, 0.717) is 17.3 Å². The predicted octanol–water partition coefficient (Wildman–Crippen LogP) is 0.643. The fraction of sp³-hybridized carbons (Fsp3) is 0.333. The molecule has 0 aliphatic rings. The van der Waals surface area contributed by atoms with Crippen molar-refractivity contribution in [3.05, 3.63) is 30.4 Å². The van der Waals surface area contributed by atoms with E-state index in [1.165, 1.54) is 44.0 Å². The number of nitrogens with zero attached hydrogens (tertiary/aromatic N) is 3. The fourth-order valence-corrected chi connectivity index (χ4v) is 2.90. The van der Waals surface area contributed by atoms with E-state index in [2.05, 4.69) is 15.2 Å². The molecule has 114 valence electrons. The molecule has 0 unspecified atom stereocenters. The van der Waals surface area contributed by atoms with Crippen molar-refractivity contribution in [3.63, 3.8) is 0 Å². The minimum Gasteiger partial charge on any atom is -0.497 e. The molecule has 0 aliphatic heterocycles. The molecule has 2 aromatic rings. The lowest BCUT2D eigenvalue weighted by molar-refractivity contribution is 0.391. The Morgan fingerprint density at radius 2 is 1.81 bits per heavy atom. The second-order valence-electron chi connectivity index (χ2n) is 4.24. The van der Waals surface area contributed by atoms with Gasteiger partial charge in [-0.05, 0) is 0 Å². The molecular formula is C12H16N4O4S. The number of hydrogen-bond donors (Lipinski definition) is 1. The van der Waals surface area contributed by atoms with Gasteiger partial charge in [0.1, 0.15) is 23.7 Å². The van der Waals surface area contributed by atoms with Crippen LogP contribution in [0.2, 0.25) is 0 Å². The Kier molecular flexibility index (Phi) is 4.43. The molecule has 1 N–H and O–H groups in total. The van der Waals surface area contributed by atoms with Crippen molar-refractivity contribution < 1.29 is 17.9 Å². The molecule has 0 bridgehead atoms. The molecule has 0 atom stereocenters. The summed E-state index contributed by atoms with van der Waals surface area (Å²) in [6.45, 7) is 0.0852. The summed E-state index contributed by atoms with van der Waals surface area (Å²) in [5.74, 6) is 1.26. The lowest BCUT2D eigenvalue weighted by atomic mass is 10.3. The number of H-pyrrole nitrogens is 1. The number of aromatic amines is 1. The number of hydrogen-bond acceptors (Lipinski definition) is 6. The summed E-state index contributed by atoms with van der Waals surface area (Å²) in [5, 5.41) is 6.31. The fourth-order valence-electron chi connectivity index (χ4n) is 1.71. The largest absolute Gasteiger partial charge is 0.497 e. The van der Waals surface area contributed by atoms with Gasteiger partial charge in [0.15, 0.2) is 0 Å². The highest BCUT2D eigenvalue weighted by Crippen LogP contribution is 2.27. The van der Waals surface area contributed by atoms with E-state index in [9.17, 15) is 8.42 Å². The molecule has 8 nitrogen and oxygen atoms in total. The third-order valence-electron chi connectivity index (χ3n) is 2.87. The molecule has 0 radical (unpaired) electrons. The van der Waals surface area contributed by atoms with Gasteiger partial charge in [-0.2, -0.15) is 9.40 Å². The summed E-state index contributed by atoms with van der Waals surface area (Å²) in [7, 11) is 0.691. The molecule has 0 aliphatic carbocycles. The van der Waals surface area contributed by atoms with Gasteiger partial charge in [0.25, 0.3) is 0 Å². The first-order chi connectivity index (χ1) is 9.97. The number of nitrogens with one attached hydrogen (secondary N) is 1. The summed E-state index contributed by atoms with van der Waals surface area (Å²) in [5.41, 5.74) is 0. The van der Waals surface area contributed by atoms with Crippen LogP contribution in [-0.4, -0.2) is 49.2 Å². The van der Waals surface area contributed by atoms with Gasteiger partial charge in [0.05, 0.1) is 25.7 Å². The number of methoxy groups -OCH3 is 2. The average molecular weight is 312 g/mol. The number of ether oxygens (including phenoxy) is 2. The van der Waals surface area contributed by atoms with E-state index >= 15 is 0 Å². The Labute approximate surface area is 122 Å². The Morgan fingerprint density at radius 3 is 2.29 bits per heavy atom. The number of rotatable bonds is 6. The van der Waals surface area contributed by atoms with Crippen LogP contribution in [-0.2, 0) is 16.6 Å². The van der Waals surface area contributed by atoms with Crippen molar-refractivity contribution in [1.29, 1.82) is 0 Å². The van der Waals surface area contributed by atoms with Crippen LogP contribution in [0.3, 0.4) is 0 Å². The summed E-state index contributed by atoms with van der Waals surface area (Å²) >= 11 is 0. The Hall–Kier alpha value is -2.13. The van der Waals surface area contributed by atoms with Gasteiger partial charge in [-0.25, -0.2) is 13.4 Å². The maximum absolute atomic E-state index is 12.5. The molecule has 21 heavy (non-hydrogen) atoms. The van der Waals surface area contributed by atoms with Crippen LogP contribution >= 0.6 is 0 Å². The van der Waals surface area contributed by atoms with Gasteiger partial charge >= 0.3 is 0 Å². The maximum Gasteiger partial charge on any atom is 0.243 e. The van der Waals surface area contributed by atoms with E-state index in [1.54, 1.807) is 6.07 Å². The summed E-state index contributed by atoms with van der Waals surface area (Å²) < 4.78 is 36.4. The van der Waals surface area contributed by atoms with E-state index in [4.69, 9.17) is 9.47 Å². The first kappa shape index (κ1) is 15.3. The molecule has 1 heterocycles. The average Bonchev–Trinajstić information content (AvgIpc) is 2.99. The summed E-state index contributed by atoms with van der Waals surface area (Å²) in [6, 6.07) is 4.49. The van der Waals surface area contributed by atoms with Crippen LogP contribution in [0, 0.1) is 0 Å².